The zero-order chi connectivity index (χ0) is 10.7. The van der Waals surface area contributed by atoms with Gasteiger partial charge in [-0.05, 0) is 13.0 Å². The highest BCUT2D eigenvalue weighted by atomic mass is 16.5. The van der Waals surface area contributed by atoms with Crippen molar-refractivity contribution in [2.45, 2.75) is 13.5 Å². The second-order valence-corrected chi connectivity index (χ2v) is 3.23. The Kier molecular flexibility index (Phi) is 2.82. The van der Waals surface area contributed by atoms with Gasteiger partial charge in [0.05, 0.1) is 18.8 Å². The highest BCUT2D eigenvalue weighted by Crippen LogP contribution is 2.16. The number of hydrogen-bond acceptors (Lipinski definition) is 5. The van der Waals surface area contributed by atoms with Crippen molar-refractivity contribution < 1.29 is 9.53 Å². The molecule has 2 heterocycles. The van der Waals surface area contributed by atoms with E-state index in [-0.39, 0.29) is 5.97 Å². The van der Waals surface area contributed by atoms with E-state index in [1.807, 2.05) is 0 Å². The normalized spacial score (nSPS) is 13.9. The van der Waals surface area contributed by atoms with E-state index in [0.717, 1.165) is 17.9 Å². The third-order valence-corrected chi connectivity index (χ3v) is 2.17. The molecule has 0 spiro atoms. The molecule has 2 N–H and O–H groups in total. The van der Waals surface area contributed by atoms with Gasteiger partial charge in [0.25, 0.3) is 0 Å². The summed E-state index contributed by atoms with van der Waals surface area (Å²) in [6.07, 6.45) is 1.54. The Bertz CT molecular complexity index is 379. The summed E-state index contributed by atoms with van der Waals surface area (Å²) in [5, 5.41) is 6.22. The molecule has 0 atom stereocenters. The first-order valence-electron chi connectivity index (χ1n) is 4.92. The van der Waals surface area contributed by atoms with Crippen molar-refractivity contribution in [3.8, 4) is 0 Å². The Morgan fingerprint density at radius 3 is 3.33 bits per heavy atom. The Hall–Kier alpha value is -1.62. The quantitative estimate of drug-likeness (QED) is 0.700. The van der Waals surface area contributed by atoms with Crippen LogP contribution in [0.2, 0.25) is 0 Å². The van der Waals surface area contributed by atoms with E-state index in [2.05, 4.69) is 15.6 Å². The van der Waals surface area contributed by atoms with Gasteiger partial charge in [0, 0.05) is 18.3 Å². The van der Waals surface area contributed by atoms with Crippen LogP contribution in [0.25, 0.3) is 0 Å². The zero-order valence-electron chi connectivity index (χ0n) is 8.54. The smallest absolute Gasteiger partial charge is 0.339 e. The van der Waals surface area contributed by atoms with Gasteiger partial charge in [-0.25, -0.2) is 9.78 Å². The van der Waals surface area contributed by atoms with Gasteiger partial charge >= 0.3 is 5.97 Å². The van der Waals surface area contributed by atoms with Crippen LogP contribution < -0.4 is 10.6 Å². The van der Waals surface area contributed by atoms with Crippen LogP contribution in [0.4, 0.5) is 5.82 Å². The van der Waals surface area contributed by atoms with E-state index >= 15 is 0 Å². The second-order valence-electron chi connectivity index (χ2n) is 3.23. The van der Waals surface area contributed by atoms with Crippen LogP contribution in [0.15, 0.2) is 12.3 Å². The van der Waals surface area contributed by atoms with Crippen molar-refractivity contribution in [1.82, 2.24) is 10.3 Å². The van der Waals surface area contributed by atoms with Gasteiger partial charge in [0.15, 0.2) is 0 Å². The molecular formula is C10H13N3O2. The third kappa shape index (κ3) is 2.07. The topological polar surface area (TPSA) is 63.2 Å². The zero-order valence-corrected chi connectivity index (χ0v) is 8.54. The molecule has 5 nitrogen and oxygen atoms in total. The van der Waals surface area contributed by atoms with Crippen molar-refractivity contribution in [3.63, 3.8) is 0 Å². The number of anilines is 1. The van der Waals surface area contributed by atoms with E-state index in [9.17, 15) is 4.79 Å². The number of carbonyl (C=O) groups excluding carboxylic acids is 1. The molecule has 0 radical (unpaired) electrons. The number of rotatable bonds is 2. The lowest BCUT2D eigenvalue weighted by Crippen LogP contribution is -2.28. The highest BCUT2D eigenvalue weighted by Gasteiger charge is 2.13. The predicted octanol–water partition coefficient (Wildman–Crippen LogP) is 0.731. The molecule has 2 rings (SSSR count). The number of ether oxygens (including phenoxy) is 1. The number of aromatic nitrogens is 1. The molecule has 0 bridgehead atoms. The molecule has 5 heteroatoms. The lowest BCUT2D eigenvalue weighted by molar-refractivity contribution is 0.0526. The summed E-state index contributed by atoms with van der Waals surface area (Å²) in [5.74, 6) is 0.514. The van der Waals surface area contributed by atoms with Crippen LogP contribution in [-0.2, 0) is 11.3 Å². The molecule has 1 aromatic heterocycles. The molecular weight excluding hydrogens is 194 g/mol. The standard InChI is InChI=1S/C10H13N3O2/c1-2-15-10(14)8-3-7-4-11-6-13-9(7)12-5-8/h3,5,11H,2,4,6H2,1H3,(H,12,13). The van der Waals surface area contributed by atoms with E-state index in [4.69, 9.17) is 4.74 Å². The molecule has 0 saturated heterocycles. The van der Waals surface area contributed by atoms with Crippen molar-refractivity contribution in [1.29, 1.82) is 0 Å². The Balaban J connectivity index is 2.24. The summed E-state index contributed by atoms with van der Waals surface area (Å²) >= 11 is 0. The number of esters is 1. The monoisotopic (exact) mass is 207 g/mol. The van der Waals surface area contributed by atoms with Crippen LogP contribution in [0.3, 0.4) is 0 Å². The Labute approximate surface area is 87.8 Å². The van der Waals surface area contributed by atoms with Crippen LogP contribution in [0.5, 0.6) is 0 Å². The number of fused-ring (bicyclic) bond motifs is 1. The van der Waals surface area contributed by atoms with E-state index < -0.39 is 0 Å². The lowest BCUT2D eigenvalue weighted by atomic mass is 10.1. The van der Waals surface area contributed by atoms with Gasteiger partial charge in [0.1, 0.15) is 5.82 Å². The molecule has 0 unspecified atom stereocenters. The van der Waals surface area contributed by atoms with Crippen molar-refractivity contribution >= 4 is 11.8 Å². The molecule has 1 aliphatic rings. The van der Waals surface area contributed by atoms with E-state index in [1.165, 1.54) is 6.20 Å². The first-order valence-corrected chi connectivity index (χ1v) is 4.92. The van der Waals surface area contributed by atoms with Crippen molar-refractivity contribution in [2.24, 2.45) is 0 Å². The highest BCUT2D eigenvalue weighted by molar-refractivity contribution is 5.89. The molecule has 0 amide bonds. The minimum absolute atomic E-state index is 0.321. The van der Waals surface area contributed by atoms with Crippen LogP contribution >= 0.6 is 0 Å². The molecule has 0 fully saturated rings. The molecule has 0 aromatic carbocycles. The minimum atomic E-state index is -0.321. The lowest BCUT2D eigenvalue weighted by Gasteiger charge is -2.18. The number of hydrogen-bond donors (Lipinski definition) is 2. The van der Waals surface area contributed by atoms with Crippen LogP contribution in [-0.4, -0.2) is 24.2 Å². The predicted molar refractivity (Wildman–Crippen MR) is 55.5 cm³/mol. The van der Waals surface area contributed by atoms with Gasteiger partial charge < -0.3 is 10.1 Å². The second kappa shape index (κ2) is 4.27. The average molecular weight is 207 g/mol. The summed E-state index contributed by atoms with van der Waals surface area (Å²) < 4.78 is 4.90. The van der Waals surface area contributed by atoms with Gasteiger partial charge in [-0.3, -0.25) is 5.32 Å². The fraction of sp³-hybridized carbons (Fsp3) is 0.400. The maximum Gasteiger partial charge on any atom is 0.339 e. The first-order chi connectivity index (χ1) is 7.31. The third-order valence-electron chi connectivity index (χ3n) is 2.17. The van der Waals surface area contributed by atoms with Crippen LogP contribution in [0.1, 0.15) is 22.8 Å². The van der Waals surface area contributed by atoms with E-state index in [1.54, 1.807) is 13.0 Å². The van der Waals surface area contributed by atoms with Gasteiger partial charge in [-0.2, -0.15) is 0 Å². The molecule has 0 saturated carbocycles. The summed E-state index contributed by atoms with van der Waals surface area (Å²) in [5.41, 5.74) is 1.49. The van der Waals surface area contributed by atoms with Gasteiger partial charge in [-0.1, -0.05) is 0 Å². The SMILES string of the molecule is CCOC(=O)c1cnc2c(c1)CNCN2. The van der Waals surface area contributed by atoms with Crippen molar-refractivity contribution in [2.75, 3.05) is 18.6 Å². The molecule has 1 aliphatic heterocycles. The summed E-state index contributed by atoms with van der Waals surface area (Å²) in [7, 11) is 0. The van der Waals surface area contributed by atoms with Gasteiger partial charge in [0.2, 0.25) is 0 Å². The maximum atomic E-state index is 11.4. The molecule has 0 aliphatic carbocycles. The Morgan fingerprint density at radius 1 is 1.67 bits per heavy atom. The number of carbonyl (C=O) groups is 1. The van der Waals surface area contributed by atoms with Crippen molar-refractivity contribution in [3.05, 3.63) is 23.4 Å². The minimum Gasteiger partial charge on any atom is -0.462 e. The number of pyridine rings is 1. The van der Waals surface area contributed by atoms with Gasteiger partial charge in [-0.15, -0.1) is 0 Å². The summed E-state index contributed by atoms with van der Waals surface area (Å²) in [6.45, 7) is 3.60. The molecule has 1 aromatic rings. The summed E-state index contributed by atoms with van der Waals surface area (Å²) in [6, 6.07) is 1.81. The van der Waals surface area contributed by atoms with E-state index in [0.29, 0.717) is 18.8 Å². The van der Waals surface area contributed by atoms with Crippen LogP contribution in [0, 0.1) is 0 Å². The first kappa shape index (κ1) is 9.92. The fourth-order valence-corrected chi connectivity index (χ4v) is 1.47. The largest absolute Gasteiger partial charge is 0.462 e. The maximum absolute atomic E-state index is 11.4. The average Bonchev–Trinajstić information content (AvgIpc) is 2.29. The summed E-state index contributed by atoms with van der Waals surface area (Å²) in [4.78, 5) is 15.6. The molecule has 80 valence electrons. The number of nitrogens with zero attached hydrogens (tertiary/aromatic N) is 1. The molecule has 15 heavy (non-hydrogen) atoms. The Morgan fingerprint density at radius 2 is 2.53 bits per heavy atom. The fourth-order valence-electron chi connectivity index (χ4n) is 1.47. The number of nitrogens with one attached hydrogen (secondary N) is 2.